The predicted molar refractivity (Wildman–Crippen MR) is 140 cm³/mol. The van der Waals surface area contributed by atoms with Crippen LogP contribution >= 0.6 is 23.4 Å². The largest absolute Gasteiger partial charge is 0.468 e. The van der Waals surface area contributed by atoms with Crippen molar-refractivity contribution in [3.05, 3.63) is 83.8 Å². The summed E-state index contributed by atoms with van der Waals surface area (Å²) < 4.78 is 4.49. The Labute approximate surface area is 216 Å². The summed E-state index contributed by atoms with van der Waals surface area (Å²) in [5, 5.41) is 8.23. The van der Waals surface area contributed by atoms with Crippen molar-refractivity contribution >= 4 is 57.6 Å². The topological polar surface area (TPSA) is 110 Å². The molecule has 0 saturated carbocycles. The number of amides is 2. The van der Waals surface area contributed by atoms with Crippen molar-refractivity contribution in [3.8, 4) is 11.1 Å². The highest BCUT2D eigenvalue weighted by molar-refractivity contribution is 8.00. The summed E-state index contributed by atoms with van der Waals surface area (Å²) in [5.74, 6) is -1.25. The number of ether oxygens (including phenoxy) is 1. The summed E-state index contributed by atoms with van der Waals surface area (Å²) in [6.45, 7) is -0.257. The first-order chi connectivity index (χ1) is 17.5. The number of hydrogen-bond acceptors (Lipinski definition) is 7. The molecule has 0 atom stereocenters. The van der Waals surface area contributed by atoms with Crippen LogP contribution in [0.5, 0.6) is 0 Å². The molecule has 0 spiro atoms. The monoisotopic (exact) mass is 520 g/mol. The summed E-state index contributed by atoms with van der Waals surface area (Å²) in [6.07, 6.45) is 3.20. The fourth-order valence-electron chi connectivity index (χ4n) is 3.48. The van der Waals surface area contributed by atoms with Gasteiger partial charge in [-0.1, -0.05) is 65.8 Å². The van der Waals surface area contributed by atoms with E-state index in [9.17, 15) is 14.4 Å². The fraction of sp³-hybridized carbons (Fsp3) is 0.115. The van der Waals surface area contributed by atoms with Gasteiger partial charge in [-0.2, -0.15) is 0 Å². The number of anilines is 1. The Kier molecular flexibility index (Phi) is 8.14. The van der Waals surface area contributed by atoms with Crippen LogP contribution in [0.2, 0.25) is 5.02 Å². The molecule has 2 amide bonds. The molecule has 4 rings (SSSR count). The smallest absolute Gasteiger partial charge is 0.325 e. The van der Waals surface area contributed by atoms with Gasteiger partial charge < -0.3 is 15.4 Å². The highest BCUT2D eigenvalue weighted by Crippen LogP contribution is 2.34. The molecule has 0 unspecified atom stereocenters. The van der Waals surface area contributed by atoms with Crippen molar-refractivity contribution < 1.29 is 19.1 Å². The van der Waals surface area contributed by atoms with Crippen LogP contribution in [0, 0.1) is 0 Å². The summed E-state index contributed by atoms with van der Waals surface area (Å²) in [6, 6.07) is 18.5. The van der Waals surface area contributed by atoms with Crippen LogP contribution < -0.4 is 10.6 Å². The average molecular weight is 521 g/mol. The van der Waals surface area contributed by atoms with Crippen LogP contribution in [0.4, 0.5) is 5.69 Å². The number of carbonyl (C=O) groups excluding carboxylic acids is 3. The minimum Gasteiger partial charge on any atom is -0.468 e. The van der Waals surface area contributed by atoms with Crippen LogP contribution in [0.15, 0.2) is 78.2 Å². The zero-order valence-corrected chi connectivity index (χ0v) is 20.7. The molecule has 0 aliphatic heterocycles. The number of esters is 1. The molecular weight excluding hydrogens is 500 g/mol. The molecule has 0 aliphatic rings. The van der Waals surface area contributed by atoms with Crippen LogP contribution in [0.3, 0.4) is 0 Å². The lowest BCUT2D eigenvalue weighted by molar-refractivity contribution is -0.139. The first-order valence-electron chi connectivity index (χ1n) is 10.8. The number of benzene rings is 3. The number of carbonyl (C=O) groups is 3. The highest BCUT2D eigenvalue weighted by Gasteiger charge is 2.15. The SMILES string of the molecule is COC(=O)CNC(=O)c1ccc(NC(=O)CSc2ncncc2-c2cccc3ccccc23)c(Cl)c1. The molecule has 0 saturated heterocycles. The Bertz CT molecular complexity index is 1440. The Balaban J connectivity index is 1.43. The van der Waals surface area contributed by atoms with Crippen molar-refractivity contribution in [2.75, 3.05) is 24.7 Å². The van der Waals surface area contributed by atoms with Crippen LogP contribution in [-0.4, -0.2) is 47.2 Å². The number of nitrogens with zero attached hydrogens (tertiary/aromatic N) is 2. The van der Waals surface area contributed by atoms with Crippen molar-refractivity contribution in [1.29, 1.82) is 0 Å². The van der Waals surface area contributed by atoms with Gasteiger partial charge in [0.15, 0.2) is 0 Å². The summed E-state index contributed by atoms with van der Waals surface area (Å²) in [7, 11) is 1.23. The van der Waals surface area contributed by atoms with E-state index in [2.05, 4.69) is 25.3 Å². The second kappa shape index (κ2) is 11.7. The number of rotatable bonds is 8. The molecule has 182 valence electrons. The molecular formula is C26H21ClN4O4S. The van der Waals surface area contributed by atoms with Crippen molar-refractivity contribution in [3.63, 3.8) is 0 Å². The maximum atomic E-state index is 12.7. The molecule has 0 bridgehead atoms. The Morgan fingerprint density at radius 3 is 2.64 bits per heavy atom. The molecule has 2 N–H and O–H groups in total. The number of methoxy groups -OCH3 is 1. The van der Waals surface area contributed by atoms with Gasteiger partial charge in [0.2, 0.25) is 5.91 Å². The molecule has 10 heteroatoms. The average Bonchev–Trinajstić information content (AvgIpc) is 2.91. The van der Waals surface area contributed by atoms with E-state index >= 15 is 0 Å². The first kappa shape index (κ1) is 25.2. The number of aromatic nitrogens is 2. The summed E-state index contributed by atoms with van der Waals surface area (Å²) >= 11 is 7.56. The lowest BCUT2D eigenvalue weighted by atomic mass is 10.0. The van der Waals surface area contributed by atoms with Crippen molar-refractivity contribution in [2.24, 2.45) is 0 Å². The predicted octanol–water partition coefficient (Wildman–Crippen LogP) is 4.58. The first-order valence-corrected chi connectivity index (χ1v) is 12.2. The van der Waals surface area contributed by atoms with Gasteiger partial charge in [0.25, 0.3) is 5.91 Å². The third-order valence-electron chi connectivity index (χ3n) is 5.22. The summed E-state index contributed by atoms with van der Waals surface area (Å²) in [5.41, 5.74) is 2.44. The molecule has 4 aromatic rings. The van der Waals surface area contributed by atoms with E-state index in [0.717, 1.165) is 21.9 Å². The standard InChI is InChI=1S/C26H21ClN4O4S/c1-35-24(33)13-29-25(34)17-9-10-22(21(27)11-17)31-23(32)14-36-26-20(12-28-15-30-26)19-8-4-6-16-5-2-3-7-18(16)19/h2-12,15H,13-14H2,1H3,(H,29,34)(H,31,32). The van der Waals surface area contributed by atoms with Gasteiger partial charge in [0.05, 0.1) is 23.6 Å². The highest BCUT2D eigenvalue weighted by atomic mass is 35.5. The normalized spacial score (nSPS) is 10.6. The van der Waals surface area contributed by atoms with Gasteiger partial charge in [-0.15, -0.1) is 0 Å². The zero-order valence-electron chi connectivity index (χ0n) is 19.2. The maximum Gasteiger partial charge on any atom is 0.325 e. The number of hydrogen-bond donors (Lipinski definition) is 2. The number of thioether (sulfide) groups is 1. The molecule has 1 aromatic heterocycles. The Hall–Kier alpha value is -3.95. The van der Waals surface area contributed by atoms with Crippen LogP contribution in [-0.2, 0) is 14.3 Å². The van der Waals surface area contributed by atoms with Gasteiger partial charge in [0.1, 0.15) is 17.9 Å². The molecule has 36 heavy (non-hydrogen) atoms. The summed E-state index contributed by atoms with van der Waals surface area (Å²) in [4.78, 5) is 44.6. The quantitative estimate of drug-likeness (QED) is 0.199. The van der Waals surface area contributed by atoms with Gasteiger partial charge in [-0.25, -0.2) is 9.97 Å². The van der Waals surface area contributed by atoms with E-state index in [-0.39, 0.29) is 28.8 Å². The van der Waals surface area contributed by atoms with Gasteiger partial charge in [0, 0.05) is 17.3 Å². The second-order valence-electron chi connectivity index (χ2n) is 7.56. The van der Waals surface area contributed by atoms with E-state index in [1.807, 2.05) is 42.5 Å². The molecule has 0 aliphatic carbocycles. The lowest BCUT2D eigenvalue weighted by Crippen LogP contribution is -2.30. The number of halogens is 1. The van der Waals surface area contributed by atoms with E-state index in [1.165, 1.54) is 43.4 Å². The van der Waals surface area contributed by atoms with Crippen LogP contribution in [0.1, 0.15) is 10.4 Å². The lowest BCUT2D eigenvalue weighted by Gasteiger charge is -2.11. The molecule has 3 aromatic carbocycles. The molecule has 8 nitrogen and oxygen atoms in total. The molecule has 0 fully saturated rings. The molecule has 0 radical (unpaired) electrons. The molecule has 1 heterocycles. The minimum atomic E-state index is -0.567. The van der Waals surface area contributed by atoms with Crippen LogP contribution in [0.25, 0.3) is 21.9 Å². The third-order valence-corrected chi connectivity index (χ3v) is 6.54. The van der Waals surface area contributed by atoms with E-state index in [4.69, 9.17) is 11.6 Å². The van der Waals surface area contributed by atoms with E-state index < -0.39 is 11.9 Å². The second-order valence-corrected chi connectivity index (χ2v) is 8.93. The Morgan fingerprint density at radius 1 is 1.03 bits per heavy atom. The zero-order chi connectivity index (χ0) is 25.5. The van der Waals surface area contributed by atoms with Crippen molar-refractivity contribution in [1.82, 2.24) is 15.3 Å². The van der Waals surface area contributed by atoms with E-state index in [0.29, 0.717) is 10.7 Å². The van der Waals surface area contributed by atoms with Gasteiger partial charge in [-0.3, -0.25) is 14.4 Å². The minimum absolute atomic E-state index is 0.0898. The maximum absolute atomic E-state index is 12.7. The number of nitrogens with one attached hydrogen (secondary N) is 2. The van der Waals surface area contributed by atoms with Gasteiger partial charge >= 0.3 is 5.97 Å². The third kappa shape index (κ3) is 5.99. The Morgan fingerprint density at radius 2 is 1.83 bits per heavy atom. The van der Waals surface area contributed by atoms with E-state index in [1.54, 1.807) is 6.20 Å². The van der Waals surface area contributed by atoms with Gasteiger partial charge in [-0.05, 0) is 34.5 Å². The fourth-order valence-corrected chi connectivity index (χ4v) is 4.49. The number of fused-ring (bicyclic) bond motifs is 1. The van der Waals surface area contributed by atoms with Crippen molar-refractivity contribution in [2.45, 2.75) is 5.03 Å².